The fraction of sp³-hybridized carbons (Fsp3) is 0.833. The van der Waals surface area contributed by atoms with Gasteiger partial charge in [0.25, 0.3) is 0 Å². The summed E-state index contributed by atoms with van der Waals surface area (Å²) in [7, 11) is -4.83. The average Bonchev–Trinajstić information content (AvgIpc) is 2.77. The molecular weight excluding hydrogens is 359 g/mol. The summed E-state index contributed by atoms with van der Waals surface area (Å²) in [6.07, 6.45) is -3.01. The Hall–Kier alpha value is -1.56. The van der Waals surface area contributed by atoms with Crippen LogP contribution < -0.4 is 0 Å². The highest BCUT2D eigenvalue weighted by atomic mass is 32.2. The summed E-state index contributed by atoms with van der Waals surface area (Å²) in [5.41, 5.74) is -6.53. The Bertz CT molecular complexity index is 597. The maximum Gasteiger partial charge on any atom is 0.523 e. The molecule has 1 saturated heterocycles. The van der Waals surface area contributed by atoms with Crippen LogP contribution in [-0.2, 0) is 28.6 Å². The van der Waals surface area contributed by atoms with Crippen molar-refractivity contribution in [1.29, 1.82) is 0 Å². The Kier molecular flexibility index (Phi) is 5.76. The van der Waals surface area contributed by atoms with Crippen molar-refractivity contribution >= 4 is 22.2 Å². The van der Waals surface area contributed by atoms with Gasteiger partial charge in [-0.15, -0.1) is 0 Å². The molecule has 1 unspecified atom stereocenters. The number of nitrogens with zero attached hydrogens (tertiary/aromatic N) is 1. The molecule has 0 aromatic rings. The van der Waals surface area contributed by atoms with E-state index < -0.39 is 58.4 Å². The van der Waals surface area contributed by atoms with Crippen molar-refractivity contribution in [2.24, 2.45) is 0 Å². The van der Waals surface area contributed by atoms with E-state index in [1.165, 1.54) is 0 Å². The Balaban J connectivity index is 2.96. The maximum atomic E-state index is 12.4. The molecule has 24 heavy (non-hydrogen) atoms. The Labute approximate surface area is 137 Å². The van der Waals surface area contributed by atoms with Crippen molar-refractivity contribution < 1.29 is 44.8 Å². The molecular formula is C12H18F3NO7S. The molecule has 0 aliphatic carbocycles. The van der Waals surface area contributed by atoms with Crippen molar-refractivity contribution in [1.82, 2.24) is 4.90 Å². The monoisotopic (exact) mass is 377 g/mol. The van der Waals surface area contributed by atoms with Crippen molar-refractivity contribution in [3.05, 3.63) is 0 Å². The first-order valence-corrected chi connectivity index (χ1v) is 8.16. The lowest BCUT2D eigenvalue weighted by molar-refractivity contribution is -0.145. The zero-order valence-corrected chi connectivity index (χ0v) is 14.2. The molecule has 0 N–H and O–H groups in total. The third kappa shape index (κ3) is 4.97. The third-order valence-corrected chi connectivity index (χ3v) is 4.00. The van der Waals surface area contributed by atoms with Crippen LogP contribution in [0.2, 0.25) is 0 Å². The van der Waals surface area contributed by atoms with Gasteiger partial charge in [-0.25, -0.2) is 9.59 Å². The highest BCUT2D eigenvalue weighted by molar-refractivity contribution is 7.87. The molecule has 0 aromatic heterocycles. The second-order valence-electron chi connectivity index (χ2n) is 6.03. The predicted molar refractivity (Wildman–Crippen MR) is 73.2 cm³/mol. The lowest BCUT2D eigenvalue weighted by Crippen LogP contribution is -2.44. The first kappa shape index (κ1) is 20.5. The quantitative estimate of drug-likeness (QED) is 0.416. The summed E-state index contributed by atoms with van der Waals surface area (Å²) >= 11 is 0. The summed E-state index contributed by atoms with van der Waals surface area (Å²) in [5, 5.41) is 0. The van der Waals surface area contributed by atoms with E-state index >= 15 is 0 Å². The molecule has 0 radical (unpaired) electrons. The summed E-state index contributed by atoms with van der Waals surface area (Å²) in [6.45, 7) is 4.09. The number of methoxy groups -OCH3 is 1. The number of ether oxygens (including phenoxy) is 2. The van der Waals surface area contributed by atoms with E-state index in [0.29, 0.717) is 0 Å². The lowest BCUT2D eigenvalue weighted by atomic mass is 10.2. The molecule has 0 bridgehead atoms. The summed E-state index contributed by atoms with van der Waals surface area (Å²) < 4.78 is 72.9. The number of rotatable bonds is 3. The number of carbonyl (C=O) groups excluding carboxylic acids is 2. The predicted octanol–water partition coefficient (Wildman–Crippen LogP) is 1.40. The van der Waals surface area contributed by atoms with Gasteiger partial charge in [0, 0.05) is 6.42 Å². The zero-order valence-electron chi connectivity index (χ0n) is 13.4. The number of alkyl halides is 3. The summed E-state index contributed by atoms with van der Waals surface area (Å²) in [6, 6.07) is -1.31. The molecule has 12 heteroatoms. The van der Waals surface area contributed by atoms with E-state index in [0.717, 1.165) is 12.0 Å². The van der Waals surface area contributed by atoms with Crippen LogP contribution in [0.4, 0.5) is 18.0 Å². The molecule has 8 nitrogen and oxygen atoms in total. The minimum absolute atomic E-state index is 0.471. The highest BCUT2D eigenvalue weighted by Crippen LogP contribution is 2.30. The molecule has 1 aliphatic rings. The first-order chi connectivity index (χ1) is 10.7. The first-order valence-electron chi connectivity index (χ1n) is 6.75. The highest BCUT2D eigenvalue weighted by Gasteiger charge is 2.51. The van der Waals surface area contributed by atoms with Gasteiger partial charge in [-0.1, -0.05) is 0 Å². The van der Waals surface area contributed by atoms with Gasteiger partial charge in [-0.3, -0.25) is 9.08 Å². The number of carbonyl (C=O) groups is 2. The standard InChI is InChI=1S/C12H18F3NO7S/c1-11(2,3)22-10(18)16-6-7(5-8(16)9(17)21-4)23-24(19,20)12(13,14)15/h7-8H,5-6H2,1-4H3/t7?,8-/m0/s1. The largest absolute Gasteiger partial charge is 0.523 e. The van der Waals surface area contributed by atoms with Gasteiger partial charge in [-0.05, 0) is 20.8 Å². The molecule has 1 fully saturated rings. The SMILES string of the molecule is COC(=O)[C@@H]1CC(OS(=O)(=O)C(F)(F)F)CN1C(=O)OC(C)(C)C. The molecule has 0 spiro atoms. The number of hydrogen-bond acceptors (Lipinski definition) is 7. The van der Waals surface area contributed by atoms with E-state index in [4.69, 9.17) is 4.74 Å². The van der Waals surface area contributed by atoms with Gasteiger partial charge in [0.15, 0.2) is 0 Å². The van der Waals surface area contributed by atoms with E-state index in [-0.39, 0.29) is 0 Å². The van der Waals surface area contributed by atoms with Crippen LogP contribution in [0, 0.1) is 0 Å². The number of amides is 1. The van der Waals surface area contributed by atoms with E-state index in [1.807, 2.05) is 0 Å². The number of hydrogen-bond donors (Lipinski definition) is 0. The van der Waals surface area contributed by atoms with Crippen LogP contribution in [0.15, 0.2) is 0 Å². The number of likely N-dealkylation sites (tertiary alicyclic amines) is 1. The van der Waals surface area contributed by atoms with Crippen LogP contribution in [0.1, 0.15) is 27.2 Å². The van der Waals surface area contributed by atoms with Gasteiger partial charge in [0.05, 0.1) is 19.8 Å². The zero-order chi connectivity index (χ0) is 18.9. The van der Waals surface area contributed by atoms with Gasteiger partial charge >= 0.3 is 27.7 Å². The van der Waals surface area contributed by atoms with E-state index in [9.17, 15) is 31.2 Å². The normalized spacial score (nSPS) is 22.4. The molecule has 1 heterocycles. The van der Waals surface area contributed by atoms with Crippen LogP contribution in [0.3, 0.4) is 0 Å². The van der Waals surface area contributed by atoms with Crippen LogP contribution in [0.25, 0.3) is 0 Å². The summed E-state index contributed by atoms with van der Waals surface area (Å²) in [5.74, 6) is -0.920. The van der Waals surface area contributed by atoms with Crippen LogP contribution >= 0.6 is 0 Å². The molecule has 1 aliphatic heterocycles. The van der Waals surface area contributed by atoms with Crippen LogP contribution in [-0.4, -0.2) is 62.3 Å². The molecule has 1 rings (SSSR count). The molecule has 0 aromatic carbocycles. The van der Waals surface area contributed by atoms with Crippen LogP contribution in [0.5, 0.6) is 0 Å². The Morgan fingerprint density at radius 1 is 1.17 bits per heavy atom. The van der Waals surface area contributed by atoms with Gasteiger partial charge < -0.3 is 9.47 Å². The maximum absolute atomic E-state index is 12.4. The molecule has 1 amide bonds. The van der Waals surface area contributed by atoms with Gasteiger partial charge in [0.2, 0.25) is 0 Å². The second-order valence-corrected chi connectivity index (χ2v) is 7.59. The fourth-order valence-electron chi connectivity index (χ4n) is 1.98. The average molecular weight is 377 g/mol. The van der Waals surface area contributed by atoms with Crippen molar-refractivity contribution in [3.63, 3.8) is 0 Å². The molecule has 0 saturated carbocycles. The minimum Gasteiger partial charge on any atom is -0.467 e. The smallest absolute Gasteiger partial charge is 0.467 e. The molecule has 2 atom stereocenters. The van der Waals surface area contributed by atoms with E-state index in [1.54, 1.807) is 20.8 Å². The third-order valence-electron chi connectivity index (χ3n) is 2.91. The number of halogens is 3. The van der Waals surface area contributed by atoms with Crippen molar-refractivity contribution in [2.75, 3.05) is 13.7 Å². The van der Waals surface area contributed by atoms with Crippen molar-refractivity contribution in [2.45, 2.75) is 50.4 Å². The van der Waals surface area contributed by atoms with Gasteiger partial charge in [0.1, 0.15) is 11.6 Å². The number of esters is 1. The summed E-state index contributed by atoms with van der Waals surface area (Å²) in [4.78, 5) is 24.6. The molecule has 140 valence electrons. The van der Waals surface area contributed by atoms with Gasteiger partial charge in [-0.2, -0.15) is 21.6 Å². The topological polar surface area (TPSA) is 99.2 Å². The Morgan fingerprint density at radius 3 is 2.12 bits per heavy atom. The minimum atomic E-state index is -5.85. The van der Waals surface area contributed by atoms with E-state index in [2.05, 4.69) is 8.92 Å². The van der Waals surface area contributed by atoms with Crippen molar-refractivity contribution in [3.8, 4) is 0 Å². The Morgan fingerprint density at radius 2 is 1.71 bits per heavy atom. The fourth-order valence-corrected chi connectivity index (χ4v) is 2.59. The second kappa shape index (κ2) is 6.75. The lowest BCUT2D eigenvalue weighted by Gasteiger charge is -2.27.